The summed E-state index contributed by atoms with van der Waals surface area (Å²) in [5.41, 5.74) is 0. The first-order chi connectivity index (χ1) is 7.66. The zero-order valence-electron chi connectivity index (χ0n) is 8.91. The van der Waals surface area contributed by atoms with E-state index in [1.54, 1.807) is 12.1 Å². The Morgan fingerprint density at radius 3 is 2.56 bits per heavy atom. The summed E-state index contributed by atoms with van der Waals surface area (Å²) in [6.45, 7) is 3.65. The van der Waals surface area contributed by atoms with Gasteiger partial charge in [0.25, 0.3) is 0 Å². The maximum absolute atomic E-state index is 12.1. The highest BCUT2D eigenvalue weighted by molar-refractivity contribution is 7.91. The molecule has 0 bridgehead atoms. The number of aromatic nitrogens is 2. The minimum Gasteiger partial charge on any atom is -0.227 e. The highest BCUT2D eigenvalue weighted by Gasteiger charge is 2.42. The summed E-state index contributed by atoms with van der Waals surface area (Å²) in [6.07, 6.45) is 7.10. The Kier molecular flexibility index (Phi) is 3.05. The van der Waals surface area contributed by atoms with E-state index in [1.807, 2.05) is 0 Å². The molecule has 1 saturated carbocycles. The minimum atomic E-state index is -3.34. The molecule has 2 atom stereocenters. The van der Waals surface area contributed by atoms with E-state index in [2.05, 4.69) is 16.5 Å². The molecule has 2 rings (SSSR count). The van der Waals surface area contributed by atoms with Gasteiger partial charge in [0.2, 0.25) is 15.0 Å². The number of rotatable bonds is 4. The van der Waals surface area contributed by atoms with E-state index in [0.29, 0.717) is 6.42 Å². The third-order valence-electron chi connectivity index (χ3n) is 3.01. The van der Waals surface area contributed by atoms with Gasteiger partial charge >= 0.3 is 0 Å². The average molecular weight is 238 g/mol. The first-order valence-electron chi connectivity index (χ1n) is 5.28. The summed E-state index contributed by atoms with van der Waals surface area (Å²) in [5, 5.41) is -0.373. The molecule has 0 amide bonds. The minimum absolute atomic E-state index is 0.0474. The molecule has 0 aliphatic heterocycles. The van der Waals surface area contributed by atoms with Crippen LogP contribution in [-0.2, 0) is 9.84 Å². The fourth-order valence-corrected chi connectivity index (χ4v) is 3.89. The van der Waals surface area contributed by atoms with Gasteiger partial charge in [-0.3, -0.25) is 0 Å². The Morgan fingerprint density at radius 2 is 2.06 bits per heavy atom. The Bertz CT molecular complexity index is 470. The number of allylic oxidation sites excluding steroid dienone is 1. The SMILES string of the molecule is C=CCC1CCC1S(=O)(=O)c1ncccn1. The van der Waals surface area contributed by atoms with Crippen molar-refractivity contribution in [1.29, 1.82) is 0 Å². The summed E-state index contributed by atoms with van der Waals surface area (Å²) in [6, 6.07) is 1.61. The van der Waals surface area contributed by atoms with E-state index in [1.165, 1.54) is 12.4 Å². The second-order valence-corrected chi connectivity index (χ2v) is 6.04. The molecule has 1 aromatic rings. The van der Waals surface area contributed by atoms with E-state index < -0.39 is 9.84 Å². The van der Waals surface area contributed by atoms with Crippen molar-refractivity contribution in [3.05, 3.63) is 31.1 Å². The van der Waals surface area contributed by atoms with Gasteiger partial charge in [-0.15, -0.1) is 6.58 Å². The first kappa shape index (κ1) is 11.3. The summed E-state index contributed by atoms with van der Waals surface area (Å²) >= 11 is 0. The molecule has 1 fully saturated rings. The Hall–Kier alpha value is -1.23. The molecule has 86 valence electrons. The molecule has 1 aromatic heterocycles. The number of nitrogens with zero attached hydrogens (tertiary/aromatic N) is 2. The van der Waals surface area contributed by atoms with Crippen molar-refractivity contribution in [2.45, 2.75) is 29.7 Å². The molecular formula is C11H14N2O2S. The summed E-state index contributed by atoms with van der Waals surface area (Å²) in [5.74, 6) is 0.186. The maximum Gasteiger partial charge on any atom is 0.247 e. The lowest BCUT2D eigenvalue weighted by Crippen LogP contribution is -2.39. The number of hydrogen-bond donors (Lipinski definition) is 0. The van der Waals surface area contributed by atoms with Gasteiger partial charge in [-0.2, -0.15) is 0 Å². The van der Waals surface area contributed by atoms with Crippen LogP contribution in [0.4, 0.5) is 0 Å². The molecule has 0 saturated heterocycles. The largest absolute Gasteiger partial charge is 0.247 e. The normalized spacial score (nSPS) is 24.8. The van der Waals surface area contributed by atoms with Gasteiger partial charge in [0.15, 0.2) is 0 Å². The van der Waals surface area contributed by atoms with Crippen molar-refractivity contribution < 1.29 is 8.42 Å². The third kappa shape index (κ3) is 1.87. The van der Waals surface area contributed by atoms with E-state index in [0.717, 1.165) is 12.8 Å². The predicted octanol–water partition coefficient (Wildman–Crippen LogP) is 1.60. The van der Waals surface area contributed by atoms with E-state index >= 15 is 0 Å². The van der Waals surface area contributed by atoms with Crippen molar-refractivity contribution in [3.8, 4) is 0 Å². The Morgan fingerprint density at radius 1 is 1.38 bits per heavy atom. The Balaban J connectivity index is 2.24. The van der Waals surface area contributed by atoms with Crippen molar-refractivity contribution in [3.63, 3.8) is 0 Å². The summed E-state index contributed by atoms with van der Waals surface area (Å²) in [4.78, 5) is 7.65. The topological polar surface area (TPSA) is 59.9 Å². The van der Waals surface area contributed by atoms with Crippen LogP contribution in [0.25, 0.3) is 0 Å². The van der Waals surface area contributed by atoms with Crippen molar-refractivity contribution in [2.75, 3.05) is 0 Å². The highest BCUT2D eigenvalue weighted by atomic mass is 32.2. The zero-order valence-corrected chi connectivity index (χ0v) is 9.73. The number of sulfone groups is 1. The van der Waals surface area contributed by atoms with E-state index in [9.17, 15) is 8.42 Å². The van der Waals surface area contributed by atoms with Crippen LogP contribution in [0.15, 0.2) is 36.3 Å². The van der Waals surface area contributed by atoms with Crippen molar-refractivity contribution in [2.24, 2.45) is 5.92 Å². The third-order valence-corrected chi connectivity index (χ3v) is 5.15. The van der Waals surface area contributed by atoms with Gasteiger partial charge in [-0.25, -0.2) is 18.4 Å². The van der Waals surface area contributed by atoms with Crippen LogP contribution in [0.3, 0.4) is 0 Å². The van der Waals surface area contributed by atoms with Crippen LogP contribution >= 0.6 is 0 Å². The van der Waals surface area contributed by atoms with Crippen LogP contribution in [0.2, 0.25) is 0 Å². The van der Waals surface area contributed by atoms with Gasteiger partial charge in [0.1, 0.15) is 0 Å². The molecule has 1 heterocycles. The van der Waals surface area contributed by atoms with Crippen LogP contribution in [0, 0.1) is 5.92 Å². The van der Waals surface area contributed by atoms with Gasteiger partial charge < -0.3 is 0 Å². The van der Waals surface area contributed by atoms with E-state index in [-0.39, 0.29) is 16.3 Å². The summed E-state index contributed by atoms with van der Waals surface area (Å²) in [7, 11) is -3.34. The molecule has 0 N–H and O–H groups in total. The van der Waals surface area contributed by atoms with Crippen molar-refractivity contribution in [1.82, 2.24) is 9.97 Å². The van der Waals surface area contributed by atoms with Crippen LogP contribution < -0.4 is 0 Å². The molecule has 5 heteroatoms. The fraction of sp³-hybridized carbons (Fsp3) is 0.455. The molecule has 0 aromatic carbocycles. The second kappa shape index (κ2) is 4.33. The lowest BCUT2D eigenvalue weighted by Gasteiger charge is -2.34. The molecule has 0 radical (unpaired) electrons. The summed E-state index contributed by atoms with van der Waals surface area (Å²) < 4.78 is 24.3. The predicted molar refractivity (Wildman–Crippen MR) is 60.5 cm³/mol. The standard InChI is InChI=1S/C11H14N2O2S/c1-2-4-9-5-6-10(9)16(14,15)11-12-7-3-8-13-11/h2-3,7-10H,1,4-6H2. The fourth-order valence-electron chi connectivity index (χ4n) is 2.00. The van der Waals surface area contributed by atoms with Gasteiger partial charge in [-0.05, 0) is 31.2 Å². The van der Waals surface area contributed by atoms with Crippen LogP contribution in [0.5, 0.6) is 0 Å². The first-order valence-corrected chi connectivity index (χ1v) is 6.82. The maximum atomic E-state index is 12.1. The average Bonchev–Trinajstić information content (AvgIpc) is 2.25. The lowest BCUT2D eigenvalue weighted by molar-refractivity contribution is 0.318. The molecular weight excluding hydrogens is 224 g/mol. The monoisotopic (exact) mass is 238 g/mol. The van der Waals surface area contributed by atoms with Gasteiger partial charge in [0.05, 0.1) is 5.25 Å². The second-order valence-electron chi connectivity index (χ2n) is 3.98. The molecule has 4 nitrogen and oxygen atoms in total. The lowest BCUT2D eigenvalue weighted by atomic mass is 9.82. The van der Waals surface area contributed by atoms with E-state index in [4.69, 9.17) is 0 Å². The van der Waals surface area contributed by atoms with Gasteiger partial charge in [-0.1, -0.05) is 6.08 Å². The zero-order chi connectivity index (χ0) is 11.6. The molecule has 2 unspecified atom stereocenters. The quantitative estimate of drug-likeness (QED) is 0.590. The Labute approximate surface area is 95.4 Å². The van der Waals surface area contributed by atoms with Crippen molar-refractivity contribution >= 4 is 9.84 Å². The van der Waals surface area contributed by atoms with Crippen LogP contribution in [0.1, 0.15) is 19.3 Å². The highest BCUT2D eigenvalue weighted by Crippen LogP contribution is 2.38. The molecule has 0 spiro atoms. The smallest absolute Gasteiger partial charge is 0.227 e. The molecule has 1 aliphatic rings. The van der Waals surface area contributed by atoms with Crippen LogP contribution in [-0.4, -0.2) is 23.6 Å². The molecule has 16 heavy (non-hydrogen) atoms. The number of hydrogen-bond acceptors (Lipinski definition) is 4. The van der Waals surface area contributed by atoms with Gasteiger partial charge in [0, 0.05) is 12.4 Å². The molecule has 1 aliphatic carbocycles.